The molecule has 0 aliphatic carbocycles. The Kier molecular flexibility index (Phi) is 4.20. The number of nitrogens with zero attached hydrogens (tertiary/aromatic N) is 4. The molecule has 6 nitrogen and oxygen atoms in total. The standard InChI is InChI=1S/C20H13F2N5O/c1-11-18(15-7-4-13(21)8-16(15)22)19-25-17(20(28)27(19)26-11)10-24-14-5-2-12(9-23)3-6-14/h2-8,24H,10H2,1H3. The van der Waals surface area contributed by atoms with E-state index < -0.39 is 17.5 Å². The quantitative estimate of drug-likeness (QED) is 0.749. The first-order valence-electron chi connectivity index (χ1n) is 8.39. The lowest BCUT2D eigenvalue weighted by Gasteiger charge is -2.05. The van der Waals surface area contributed by atoms with E-state index in [2.05, 4.69) is 15.4 Å². The van der Waals surface area contributed by atoms with Crippen molar-refractivity contribution < 1.29 is 13.6 Å². The molecule has 0 radical (unpaired) electrons. The van der Waals surface area contributed by atoms with Crippen molar-refractivity contribution in [2.75, 3.05) is 11.9 Å². The van der Waals surface area contributed by atoms with E-state index in [0.29, 0.717) is 16.8 Å². The fraction of sp³-hybridized carbons (Fsp3) is 0.100. The number of hydrogen-bond acceptors (Lipinski definition) is 5. The molecule has 0 saturated heterocycles. The fourth-order valence-electron chi connectivity index (χ4n) is 3.03. The van der Waals surface area contributed by atoms with E-state index in [1.807, 2.05) is 6.07 Å². The molecule has 1 N–H and O–H groups in total. The molecule has 0 amide bonds. The van der Waals surface area contributed by atoms with Crippen LogP contribution in [0.3, 0.4) is 0 Å². The Balaban J connectivity index is 1.63. The monoisotopic (exact) mass is 377 g/mol. The van der Waals surface area contributed by atoms with Gasteiger partial charge < -0.3 is 5.32 Å². The second-order valence-electron chi connectivity index (χ2n) is 6.23. The normalized spacial score (nSPS) is 12.5. The predicted octanol–water partition coefficient (Wildman–Crippen LogP) is 3.85. The van der Waals surface area contributed by atoms with Gasteiger partial charge in [-0.15, -0.1) is 0 Å². The van der Waals surface area contributed by atoms with Crippen LogP contribution in [0.2, 0.25) is 0 Å². The minimum Gasteiger partial charge on any atom is -0.379 e. The zero-order valence-corrected chi connectivity index (χ0v) is 14.7. The van der Waals surface area contributed by atoms with Crippen molar-refractivity contribution in [3.05, 3.63) is 65.4 Å². The third kappa shape index (κ3) is 2.93. The Labute approximate surface area is 158 Å². The van der Waals surface area contributed by atoms with E-state index in [0.717, 1.165) is 22.5 Å². The Morgan fingerprint density at radius 1 is 1.18 bits per heavy atom. The van der Waals surface area contributed by atoms with Gasteiger partial charge in [-0.1, -0.05) is 0 Å². The first kappa shape index (κ1) is 17.5. The van der Waals surface area contributed by atoms with Gasteiger partial charge in [-0.25, -0.2) is 13.8 Å². The van der Waals surface area contributed by atoms with Crippen LogP contribution < -0.4 is 5.32 Å². The van der Waals surface area contributed by atoms with Crippen LogP contribution in [0.15, 0.2) is 47.5 Å². The zero-order chi connectivity index (χ0) is 19.8. The van der Waals surface area contributed by atoms with E-state index in [-0.39, 0.29) is 23.6 Å². The van der Waals surface area contributed by atoms with Gasteiger partial charge in [0.15, 0.2) is 5.82 Å². The molecule has 0 fully saturated rings. The number of benzene rings is 2. The summed E-state index contributed by atoms with van der Waals surface area (Å²) in [6, 6.07) is 12.0. The highest BCUT2D eigenvalue weighted by atomic mass is 19.1. The second kappa shape index (κ2) is 6.70. The minimum absolute atomic E-state index is 0.137. The fourth-order valence-corrected chi connectivity index (χ4v) is 3.03. The molecule has 1 aromatic heterocycles. The van der Waals surface area contributed by atoms with Crippen LogP contribution in [0, 0.1) is 29.9 Å². The van der Waals surface area contributed by atoms with Crippen molar-refractivity contribution in [1.82, 2.24) is 9.78 Å². The van der Waals surface area contributed by atoms with E-state index >= 15 is 0 Å². The van der Waals surface area contributed by atoms with Crippen LogP contribution in [-0.4, -0.2) is 27.9 Å². The SMILES string of the molecule is Cc1nn2c(c1-c1ccc(F)cc1F)N=C(CNc1ccc(C#N)cc1)C2=O. The van der Waals surface area contributed by atoms with Crippen LogP contribution in [-0.2, 0) is 0 Å². The van der Waals surface area contributed by atoms with Gasteiger partial charge in [-0.2, -0.15) is 15.0 Å². The van der Waals surface area contributed by atoms with E-state index in [4.69, 9.17) is 5.26 Å². The van der Waals surface area contributed by atoms with E-state index in [9.17, 15) is 13.6 Å². The molecule has 2 heterocycles. The lowest BCUT2D eigenvalue weighted by atomic mass is 10.1. The average molecular weight is 377 g/mol. The largest absolute Gasteiger partial charge is 0.379 e. The maximum absolute atomic E-state index is 14.2. The van der Waals surface area contributed by atoms with Crippen LogP contribution in [0.1, 0.15) is 16.1 Å². The molecule has 1 aliphatic heterocycles. The van der Waals surface area contributed by atoms with Crippen molar-refractivity contribution in [2.45, 2.75) is 6.92 Å². The highest BCUT2D eigenvalue weighted by molar-refractivity contribution is 6.43. The van der Waals surface area contributed by atoms with Gasteiger partial charge in [0.05, 0.1) is 29.4 Å². The first-order chi connectivity index (χ1) is 13.5. The Hall–Kier alpha value is -3.86. The number of carbonyl (C=O) groups excluding carboxylic acids is 1. The van der Waals surface area contributed by atoms with Crippen LogP contribution >= 0.6 is 0 Å². The second-order valence-corrected chi connectivity index (χ2v) is 6.23. The summed E-state index contributed by atoms with van der Waals surface area (Å²) in [4.78, 5) is 16.9. The van der Waals surface area contributed by atoms with Gasteiger partial charge in [0.25, 0.3) is 5.91 Å². The molecule has 138 valence electrons. The maximum atomic E-state index is 14.2. The number of rotatable bonds is 4. The Bertz CT molecular complexity index is 1170. The molecule has 2 aromatic carbocycles. The number of hydrogen-bond donors (Lipinski definition) is 1. The van der Waals surface area contributed by atoms with E-state index in [1.165, 1.54) is 6.07 Å². The minimum atomic E-state index is -0.745. The van der Waals surface area contributed by atoms with Crippen molar-refractivity contribution in [3.63, 3.8) is 0 Å². The third-order valence-electron chi connectivity index (χ3n) is 4.39. The number of halogens is 2. The average Bonchev–Trinajstić information content (AvgIpc) is 3.16. The summed E-state index contributed by atoms with van der Waals surface area (Å²) in [5, 5.41) is 16.1. The van der Waals surface area contributed by atoms with E-state index in [1.54, 1.807) is 31.2 Å². The summed E-state index contributed by atoms with van der Waals surface area (Å²) < 4.78 is 28.6. The Morgan fingerprint density at radius 2 is 1.93 bits per heavy atom. The lowest BCUT2D eigenvalue weighted by molar-refractivity contribution is 0.0983. The van der Waals surface area contributed by atoms with Crippen molar-refractivity contribution in [3.8, 4) is 17.2 Å². The molecular weight excluding hydrogens is 364 g/mol. The number of carbonyl (C=O) groups is 1. The predicted molar refractivity (Wildman–Crippen MR) is 99.7 cm³/mol. The maximum Gasteiger partial charge on any atom is 0.296 e. The number of nitriles is 1. The van der Waals surface area contributed by atoms with Crippen LogP contribution in [0.5, 0.6) is 0 Å². The molecule has 8 heteroatoms. The summed E-state index contributed by atoms with van der Waals surface area (Å²) in [6.45, 7) is 1.78. The molecule has 0 saturated carbocycles. The highest BCUT2D eigenvalue weighted by Crippen LogP contribution is 2.37. The summed E-state index contributed by atoms with van der Waals surface area (Å²) in [6.07, 6.45) is 0. The number of anilines is 1. The number of nitrogens with one attached hydrogen (secondary N) is 1. The van der Waals surface area contributed by atoms with Gasteiger partial charge in [0.2, 0.25) is 0 Å². The number of aromatic nitrogens is 2. The van der Waals surface area contributed by atoms with Gasteiger partial charge in [0.1, 0.15) is 17.3 Å². The molecular formula is C20H13F2N5O. The van der Waals surface area contributed by atoms with Crippen molar-refractivity contribution in [2.24, 2.45) is 4.99 Å². The smallest absolute Gasteiger partial charge is 0.296 e. The summed E-state index contributed by atoms with van der Waals surface area (Å²) in [5.74, 6) is -1.61. The molecule has 1 aliphatic rings. The number of aliphatic imine (C=N–C) groups is 1. The van der Waals surface area contributed by atoms with Crippen LogP contribution in [0.4, 0.5) is 20.3 Å². The number of fused-ring (bicyclic) bond motifs is 1. The van der Waals surface area contributed by atoms with Crippen molar-refractivity contribution in [1.29, 1.82) is 5.26 Å². The Morgan fingerprint density at radius 3 is 2.61 bits per heavy atom. The summed E-state index contributed by atoms with van der Waals surface area (Å²) in [5.41, 5.74) is 2.39. The van der Waals surface area contributed by atoms with Crippen LogP contribution in [0.25, 0.3) is 11.1 Å². The molecule has 0 unspecified atom stereocenters. The first-order valence-corrected chi connectivity index (χ1v) is 8.39. The molecule has 0 atom stereocenters. The lowest BCUT2D eigenvalue weighted by Crippen LogP contribution is -2.24. The highest BCUT2D eigenvalue weighted by Gasteiger charge is 2.30. The summed E-state index contributed by atoms with van der Waals surface area (Å²) >= 11 is 0. The molecule has 0 bridgehead atoms. The molecule has 28 heavy (non-hydrogen) atoms. The van der Waals surface area contributed by atoms with Gasteiger partial charge in [0, 0.05) is 17.3 Å². The van der Waals surface area contributed by atoms with Gasteiger partial charge in [-0.05, 0) is 43.3 Å². The van der Waals surface area contributed by atoms with Crippen molar-refractivity contribution >= 4 is 23.1 Å². The third-order valence-corrected chi connectivity index (χ3v) is 4.39. The topological polar surface area (TPSA) is 83.1 Å². The molecule has 0 spiro atoms. The van der Waals surface area contributed by atoms with Gasteiger partial charge >= 0.3 is 0 Å². The molecule has 4 rings (SSSR count). The molecule has 3 aromatic rings. The van der Waals surface area contributed by atoms with Gasteiger partial charge in [-0.3, -0.25) is 4.79 Å². The summed E-state index contributed by atoms with van der Waals surface area (Å²) in [7, 11) is 0. The number of aryl methyl sites for hydroxylation is 1. The zero-order valence-electron chi connectivity index (χ0n) is 14.7.